The molecule has 1 unspecified atom stereocenters. The summed E-state index contributed by atoms with van der Waals surface area (Å²) >= 11 is 16.6. The summed E-state index contributed by atoms with van der Waals surface area (Å²) in [4.78, 5) is 2.66. The quantitative estimate of drug-likeness (QED) is 0.555. The van der Waals surface area contributed by atoms with Gasteiger partial charge in [-0.05, 0) is 63.0 Å². The second-order valence-corrected chi connectivity index (χ2v) is 9.24. The first-order valence-corrected chi connectivity index (χ1v) is 9.62. The lowest BCUT2D eigenvalue weighted by Crippen LogP contribution is -2.22. The molecule has 0 aliphatic rings. The van der Waals surface area contributed by atoms with Crippen molar-refractivity contribution in [2.24, 2.45) is 0 Å². The van der Waals surface area contributed by atoms with Gasteiger partial charge in [0.2, 0.25) is 0 Å². The molecule has 0 saturated heterocycles. The van der Waals surface area contributed by atoms with Crippen LogP contribution in [-0.2, 0) is 6.42 Å². The molecule has 6 heteroatoms. The van der Waals surface area contributed by atoms with Gasteiger partial charge in [0.1, 0.15) is 0 Å². The van der Waals surface area contributed by atoms with Crippen molar-refractivity contribution in [3.63, 3.8) is 0 Å². The molecule has 0 radical (unpaired) electrons. The van der Waals surface area contributed by atoms with E-state index in [0.717, 1.165) is 32.0 Å². The Hall–Kier alpha value is 0.610. The molecule has 1 atom stereocenters. The van der Waals surface area contributed by atoms with Crippen molar-refractivity contribution in [2.45, 2.75) is 25.8 Å². The normalized spacial score (nSPS) is 12.8. The van der Waals surface area contributed by atoms with Crippen LogP contribution in [-0.4, -0.2) is 6.54 Å². The van der Waals surface area contributed by atoms with Gasteiger partial charge in [0.05, 0.1) is 8.12 Å². The van der Waals surface area contributed by atoms with Crippen LogP contribution in [0.2, 0.25) is 4.34 Å². The first-order valence-electron chi connectivity index (χ1n) is 6.02. The van der Waals surface area contributed by atoms with Gasteiger partial charge in [0, 0.05) is 26.7 Å². The van der Waals surface area contributed by atoms with Crippen molar-refractivity contribution in [1.82, 2.24) is 5.32 Å². The Morgan fingerprint density at radius 3 is 2.63 bits per heavy atom. The molecular formula is C13H14Br2ClNS2. The van der Waals surface area contributed by atoms with E-state index in [2.05, 4.69) is 56.2 Å². The molecule has 2 heterocycles. The van der Waals surface area contributed by atoms with Crippen molar-refractivity contribution in [3.8, 4) is 0 Å². The maximum absolute atomic E-state index is 6.01. The van der Waals surface area contributed by atoms with Crippen molar-refractivity contribution >= 4 is 66.1 Å². The minimum atomic E-state index is 0.349. The van der Waals surface area contributed by atoms with Crippen molar-refractivity contribution in [2.75, 3.05) is 6.54 Å². The summed E-state index contributed by atoms with van der Waals surface area (Å²) in [6.07, 6.45) is 2.12. The van der Waals surface area contributed by atoms with E-state index in [-0.39, 0.29) is 0 Å². The van der Waals surface area contributed by atoms with Gasteiger partial charge in [0.25, 0.3) is 0 Å². The number of rotatable bonds is 6. The lowest BCUT2D eigenvalue weighted by molar-refractivity contribution is 0.539. The number of hydrogen-bond acceptors (Lipinski definition) is 3. The first-order chi connectivity index (χ1) is 9.10. The zero-order valence-corrected chi connectivity index (χ0v) is 15.9. The fourth-order valence-corrected chi connectivity index (χ4v) is 5.09. The van der Waals surface area contributed by atoms with Gasteiger partial charge in [-0.3, -0.25) is 0 Å². The molecule has 104 valence electrons. The molecule has 0 amide bonds. The van der Waals surface area contributed by atoms with E-state index in [0.29, 0.717) is 6.04 Å². The third kappa shape index (κ3) is 4.55. The highest BCUT2D eigenvalue weighted by atomic mass is 79.9. The summed E-state index contributed by atoms with van der Waals surface area (Å²) in [5.74, 6) is 0. The molecule has 0 aliphatic heterocycles. The maximum Gasteiger partial charge on any atom is 0.0931 e. The molecule has 1 nitrogen and oxygen atoms in total. The molecule has 2 rings (SSSR count). The van der Waals surface area contributed by atoms with Crippen molar-refractivity contribution in [3.05, 3.63) is 40.5 Å². The maximum atomic E-state index is 6.01. The van der Waals surface area contributed by atoms with E-state index < -0.39 is 0 Å². The van der Waals surface area contributed by atoms with Crippen LogP contribution in [0.25, 0.3) is 0 Å². The van der Waals surface area contributed by atoms with Crippen LogP contribution in [0.15, 0.2) is 26.5 Å². The third-order valence-electron chi connectivity index (χ3n) is 2.68. The highest BCUT2D eigenvalue weighted by Gasteiger charge is 2.16. The average Bonchev–Trinajstić information content (AvgIpc) is 2.92. The minimum Gasteiger partial charge on any atom is -0.309 e. The second-order valence-electron chi connectivity index (χ2n) is 4.19. The molecule has 0 aliphatic carbocycles. The standard InChI is InChI=1S/C13H14Br2ClNS2/c1-2-5-17-10(6-8-3-4-12(16)18-8)11-7-9(14)13(15)19-11/h3-4,7,10,17H,2,5-6H2,1H3. The lowest BCUT2D eigenvalue weighted by Gasteiger charge is -2.16. The van der Waals surface area contributed by atoms with Crippen LogP contribution in [0.4, 0.5) is 0 Å². The summed E-state index contributed by atoms with van der Waals surface area (Å²) in [6.45, 7) is 3.21. The second kappa shape index (κ2) is 7.57. The zero-order valence-electron chi connectivity index (χ0n) is 10.4. The number of hydrogen-bond donors (Lipinski definition) is 1. The largest absolute Gasteiger partial charge is 0.309 e. The molecular weight excluding hydrogens is 430 g/mol. The molecule has 2 aromatic heterocycles. The fourth-order valence-electron chi connectivity index (χ4n) is 1.79. The Labute approximate surface area is 143 Å². The van der Waals surface area contributed by atoms with Crippen LogP contribution in [0.5, 0.6) is 0 Å². The number of halogens is 3. The van der Waals surface area contributed by atoms with Gasteiger partial charge < -0.3 is 5.32 Å². The fraction of sp³-hybridized carbons (Fsp3) is 0.385. The Kier molecular flexibility index (Phi) is 6.37. The summed E-state index contributed by atoms with van der Waals surface area (Å²) in [5.41, 5.74) is 0. The van der Waals surface area contributed by atoms with Crippen molar-refractivity contribution in [1.29, 1.82) is 0 Å². The van der Waals surface area contributed by atoms with Crippen LogP contribution in [0, 0.1) is 0 Å². The summed E-state index contributed by atoms with van der Waals surface area (Å²) in [5, 5.41) is 3.62. The first kappa shape index (κ1) is 16.0. The van der Waals surface area contributed by atoms with Gasteiger partial charge in [-0.25, -0.2) is 0 Å². The smallest absolute Gasteiger partial charge is 0.0931 e. The van der Waals surface area contributed by atoms with E-state index in [1.165, 1.54) is 9.75 Å². The Balaban J connectivity index is 2.15. The Bertz CT molecular complexity index is 519. The Morgan fingerprint density at radius 2 is 2.11 bits per heavy atom. The van der Waals surface area contributed by atoms with E-state index in [4.69, 9.17) is 11.6 Å². The van der Waals surface area contributed by atoms with Gasteiger partial charge in [0.15, 0.2) is 0 Å². The van der Waals surface area contributed by atoms with Crippen LogP contribution in [0.1, 0.15) is 29.1 Å². The molecule has 0 saturated carbocycles. The van der Waals surface area contributed by atoms with E-state index in [1.54, 1.807) is 22.7 Å². The lowest BCUT2D eigenvalue weighted by atomic mass is 10.1. The van der Waals surface area contributed by atoms with Gasteiger partial charge >= 0.3 is 0 Å². The Morgan fingerprint density at radius 1 is 1.32 bits per heavy atom. The highest BCUT2D eigenvalue weighted by Crippen LogP contribution is 2.37. The minimum absolute atomic E-state index is 0.349. The molecule has 19 heavy (non-hydrogen) atoms. The van der Waals surface area contributed by atoms with Gasteiger partial charge in [-0.1, -0.05) is 18.5 Å². The highest BCUT2D eigenvalue weighted by molar-refractivity contribution is 9.13. The number of nitrogens with one attached hydrogen (secondary N) is 1. The van der Waals surface area contributed by atoms with E-state index in [9.17, 15) is 0 Å². The predicted molar refractivity (Wildman–Crippen MR) is 93.8 cm³/mol. The summed E-state index contributed by atoms with van der Waals surface area (Å²) in [7, 11) is 0. The summed E-state index contributed by atoms with van der Waals surface area (Å²) < 4.78 is 3.13. The van der Waals surface area contributed by atoms with Crippen LogP contribution in [0.3, 0.4) is 0 Å². The van der Waals surface area contributed by atoms with E-state index >= 15 is 0 Å². The monoisotopic (exact) mass is 441 g/mol. The third-order valence-corrected chi connectivity index (χ3v) is 7.31. The molecule has 0 spiro atoms. The zero-order chi connectivity index (χ0) is 13.8. The van der Waals surface area contributed by atoms with Crippen LogP contribution < -0.4 is 5.32 Å². The molecule has 1 N–H and O–H groups in total. The molecule has 0 aromatic carbocycles. The average molecular weight is 444 g/mol. The molecule has 2 aromatic rings. The number of thiophene rings is 2. The molecule has 0 bridgehead atoms. The van der Waals surface area contributed by atoms with Crippen molar-refractivity contribution < 1.29 is 0 Å². The topological polar surface area (TPSA) is 12.0 Å². The SMILES string of the molecule is CCCNC(Cc1ccc(Cl)s1)c1cc(Br)c(Br)s1. The van der Waals surface area contributed by atoms with Crippen LogP contribution >= 0.6 is 66.1 Å². The van der Waals surface area contributed by atoms with E-state index in [1.807, 2.05) is 6.07 Å². The summed E-state index contributed by atoms with van der Waals surface area (Å²) in [6, 6.07) is 6.63. The molecule has 0 fully saturated rings. The van der Waals surface area contributed by atoms with Gasteiger partial charge in [-0.2, -0.15) is 0 Å². The predicted octanol–water partition coefficient (Wildman–Crippen LogP) is 6.27. The van der Waals surface area contributed by atoms with Gasteiger partial charge in [-0.15, -0.1) is 22.7 Å².